The summed E-state index contributed by atoms with van der Waals surface area (Å²) in [7, 11) is 0. The molecule has 0 aliphatic rings. The highest BCUT2D eigenvalue weighted by molar-refractivity contribution is 5.90. The van der Waals surface area contributed by atoms with Gasteiger partial charge in [-0.05, 0) is 24.1 Å². The molecule has 4 heteroatoms. The second-order valence-corrected chi connectivity index (χ2v) is 4.18. The summed E-state index contributed by atoms with van der Waals surface area (Å²) in [4.78, 5) is 10.9. The highest BCUT2D eigenvalue weighted by Gasteiger charge is 2.13. The Labute approximate surface area is 101 Å². The second kappa shape index (κ2) is 6.25. The summed E-state index contributed by atoms with van der Waals surface area (Å²) in [6.45, 7) is 2.12. The maximum Gasteiger partial charge on any atom is 0.339 e. The third-order valence-electron chi connectivity index (χ3n) is 2.80. The summed E-state index contributed by atoms with van der Waals surface area (Å²) in [6.07, 6.45) is 4.11. The van der Waals surface area contributed by atoms with E-state index >= 15 is 0 Å². The molecule has 1 aromatic carbocycles. The minimum absolute atomic E-state index is 0.0894. The molecule has 0 aromatic heterocycles. The predicted octanol–water partition coefficient (Wildman–Crippen LogP) is 2.67. The van der Waals surface area contributed by atoms with Gasteiger partial charge in [0.15, 0.2) is 0 Å². The topological polar surface area (TPSA) is 83.5 Å². The van der Waals surface area contributed by atoms with Gasteiger partial charge in [-0.1, -0.05) is 32.3 Å². The molecule has 17 heavy (non-hydrogen) atoms. The highest BCUT2D eigenvalue weighted by atomic mass is 16.4. The molecule has 4 N–H and O–H groups in total. The average molecular weight is 237 g/mol. The first kappa shape index (κ1) is 13.5. The fourth-order valence-corrected chi connectivity index (χ4v) is 1.74. The zero-order chi connectivity index (χ0) is 12.8. The van der Waals surface area contributed by atoms with Crippen LogP contribution in [-0.4, -0.2) is 16.2 Å². The summed E-state index contributed by atoms with van der Waals surface area (Å²) in [6, 6.07) is 4.35. The fraction of sp³-hybridized carbons (Fsp3) is 0.462. The Kier molecular flexibility index (Phi) is 4.97. The van der Waals surface area contributed by atoms with Crippen LogP contribution in [0.2, 0.25) is 0 Å². The number of carboxylic acids is 1. The second-order valence-electron chi connectivity index (χ2n) is 4.18. The quantitative estimate of drug-likeness (QED) is 0.664. The molecule has 0 bridgehead atoms. The number of aromatic hydroxyl groups is 1. The molecule has 94 valence electrons. The molecule has 0 radical (unpaired) electrons. The van der Waals surface area contributed by atoms with Gasteiger partial charge in [0.1, 0.15) is 11.3 Å². The molecule has 1 atom stereocenters. The maximum atomic E-state index is 10.9. The van der Waals surface area contributed by atoms with Gasteiger partial charge in [0.25, 0.3) is 0 Å². The molecule has 0 fully saturated rings. The summed E-state index contributed by atoms with van der Waals surface area (Å²) in [5.74, 6) is -1.35. The van der Waals surface area contributed by atoms with Crippen molar-refractivity contribution in [1.82, 2.24) is 0 Å². The van der Waals surface area contributed by atoms with Gasteiger partial charge in [-0.25, -0.2) is 4.79 Å². The Morgan fingerprint density at radius 1 is 1.41 bits per heavy atom. The lowest BCUT2D eigenvalue weighted by molar-refractivity contribution is 0.0693. The van der Waals surface area contributed by atoms with Crippen molar-refractivity contribution >= 4 is 5.97 Å². The van der Waals surface area contributed by atoms with Crippen LogP contribution in [0.4, 0.5) is 0 Å². The third kappa shape index (κ3) is 3.75. The van der Waals surface area contributed by atoms with Crippen LogP contribution in [0.25, 0.3) is 0 Å². The van der Waals surface area contributed by atoms with E-state index in [2.05, 4.69) is 6.92 Å². The zero-order valence-electron chi connectivity index (χ0n) is 10.0. The number of nitrogens with two attached hydrogens (primary N) is 1. The normalized spacial score (nSPS) is 12.4. The van der Waals surface area contributed by atoms with Crippen LogP contribution >= 0.6 is 0 Å². The number of hydrogen-bond donors (Lipinski definition) is 3. The highest BCUT2D eigenvalue weighted by Crippen LogP contribution is 2.24. The van der Waals surface area contributed by atoms with E-state index in [-0.39, 0.29) is 17.4 Å². The molecule has 0 heterocycles. The molecule has 1 aromatic rings. The molecule has 0 unspecified atom stereocenters. The lowest BCUT2D eigenvalue weighted by Crippen LogP contribution is -2.11. The van der Waals surface area contributed by atoms with Crippen LogP contribution in [0.15, 0.2) is 18.2 Å². The minimum Gasteiger partial charge on any atom is -0.507 e. The fourth-order valence-electron chi connectivity index (χ4n) is 1.74. The van der Waals surface area contributed by atoms with E-state index in [1.807, 2.05) is 0 Å². The van der Waals surface area contributed by atoms with Crippen molar-refractivity contribution in [3.63, 3.8) is 0 Å². The largest absolute Gasteiger partial charge is 0.507 e. The van der Waals surface area contributed by atoms with Gasteiger partial charge in [-0.15, -0.1) is 0 Å². The van der Waals surface area contributed by atoms with Gasteiger partial charge in [-0.2, -0.15) is 0 Å². The molecule has 0 saturated heterocycles. The van der Waals surface area contributed by atoms with E-state index in [4.69, 9.17) is 10.8 Å². The third-order valence-corrected chi connectivity index (χ3v) is 2.80. The van der Waals surface area contributed by atoms with E-state index in [9.17, 15) is 9.90 Å². The van der Waals surface area contributed by atoms with Crippen LogP contribution in [0.1, 0.15) is 54.6 Å². The van der Waals surface area contributed by atoms with Crippen LogP contribution in [0.5, 0.6) is 5.75 Å². The molecule has 0 spiro atoms. The number of hydrogen-bond acceptors (Lipinski definition) is 3. The summed E-state index contributed by atoms with van der Waals surface area (Å²) in [5, 5.41) is 18.3. The molecule has 0 amide bonds. The lowest BCUT2D eigenvalue weighted by atomic mass is 9.99. The minimum atomic E-state index is -1.13. The predicted molar refractivity (Wildman–Crippen MR) is 66.1 cm³/mol. The van der Waals surface area contributed by atoms with E-state index in [1.54, 1.807) is 6.07 Å². The van der Waals surface area contributed by atoms with Crippen molar-refractivity contribution in [2.24, 2.45) is 5.73 Å². The zero-order valence-corrected chi connectivity index (χ0v) is 10.0. The van der Waals surface area contributed by atoms with E-state index in [0.29, 0.717) is 0 Å². The standard InChI is InChI=1S/C13H19NO3/c1-2-3-4-5-11(14)9-6-7-12(15)10(8-9)13(16)17/h6-8,11,15H,2-5,14H2,1H3,(H,16,17)/t11-/m0/s1. The molecule has 0 aliphatic heterocycles. The molecule has 4 nitrogen and oxygen atoms in total. The Morgan fingerprint density at radius 3 is 2.71 bits per heavy atom. The van der Waals surface area contributed by atoms with Gasteiger partial charge in [-0.3, -0.25) is 0 Å². The maximum absolute atomic E-state index is 10.9. The number of aromatic carboxylic acids is 1. The molecule has 1 rings (SSSR count). The first-order valence-corrected chi connectivity index (χ1v) is 5.88. The first-order chi connectivity index (χ1) is 8.06. The monoisotopic (exact) mass is 237 g/mol. The first-order valence-electron chi connectivity index (χ1n) is 5.88. The number of carbonyl (C=O) groups is 1. The number of rotatable bonds is 6. The number of carboxylic acid groups (broad SMARTS) is 1. The lowest BCUT2D eigenvalue weighted by Gasteiger charge is -2.12. The smallest absolute Gasteiger partial charge is 0.339 e. The van der Waals surface area contributed by atoms with Crippen molar-refractivity contribution in [3.8, 4) is 5.75 Å². The van der Waals surface area contributed by atoms with Crippen molar-refractivity contribution in [2.75, 3.05) is 0 Å². The van der Waals surface area contributed by atoms with Gasteiger partial charge in [0.05, 0.1) is 0 Å². The van der Waals surface area contributed by atoms with E-state index < -0.39 is 5.97 Å². The molecular formula is C13H19NO3. The Morgan fingerprint density at radius 2 is 2.12 bits per heavy atom. The van der Waals surface area contributed by atoms with Gasteiger partial charge < -0.3 is 15.9 Å². The van der Waals surface area contributed by atoms with Crippen molar-refractivity contribution in [1.29, 1.82) is 0 Å². The molecular weight excluding hydrogens is 218 g/mol. The molecule has 0 saturated carbocycles. The van der Waals surface area contributed by atoms with Gasteiger partial charge in [0, 0.05) is 6.04 Å². The Balaban J connectivity index is 2.77. The van der Waals surface area contributed by atoms with Crippen LogP contribution in [0.3, 0.4) is 0 Å². The number of benzene rings is 1. The summed E-state index contributed by atoms with van der Waals surface area (Å²) < 4.78 is 0. The van der Waals surface area contributed by atoms with Gasteiger partial charge in [0.2, 0.25) is 0 Å². The number of unbranched alkanes of at least 4 members (excludes halogenated alkanes) is 2. The van der Waals surface area contributed by atoms with Crippen LogP contribution in [-0.2, 0) is 0 Å². The average Bonchev–Trinajstić information content (AvgIpc) is 2.29. The summed E-state index contributed by atoms with van der Waals surface area (Å²) >= 11 is 0. The van der Waals surface area contributed by atoms with E-state index in [1.165, 1.54) is 12.1 Å². The van der Waals surface area contributed by atoms with Crippen molar-refractivity contribution in [3.05, 3.63) is 29.3 Å². The van der Waals surface area contributed by atoms with Crippen molar-refractivity contribution in [2.45, 2.75) is 38.6 Å². The summed E-state index contributed by atoms with van der Waals surface area (Å²) in [5.41, 5.74) is 6.65. The molecule has 0 aliphatic carbocycles. The van der Waals surface area contributed by atoms with Crippen molar-refractivity contribution < 1.29 is 15.0 Å². The Bertz CT molecular complexity index is 390. The van der Waals surface area contributed by atoms with Gasteiger partial charge >= 0.3 is 5.97 Å². The van der Waals surface area contributed by atoms with Crippen LogP contribution < -0.4 is 5.73 Å². The number of phenols is 1. The SMILES string of the molecule is CCCCC[C@H](N)c1ccc(O)c(C(=O)O)c1. The van der Waals surface area contributed by atoms with E-state index in [0.717, 1.165) is 31.2 Å². The Hall–Kier alpha value is -1.55. The van der Waals surface area contributed by atoms with Crippen LogP contribution in [0, 0.1) is 0 Å².